The number of nitrogens with zero attached hydrogens (tertiary/aromatic N) is 1. The Morgan fingerprint density at radius 1 is 1.31 bits per heavy atom. The number of rotatable bonds is 2. The lowest BCUT2D eigenvalue weighted by atomic mass is 10.1. The minimum atomic E-state index is -0.511. The second-order valence-electron chi connectivity index (χ2n) is 3.73. The molecule has 2 rings (SSSR count). The zero-order valence-corrected chi connectivity index (χ0v) is 9.00. The van der Waals surface area contributed by atoms with E-state index < -0.39 is 6.09 Å². The minimum Gasteiger partial charge on any atom is -0.440 e. The fourth-order valence-electron chi connectivity index (χ4n) is 1.64. The van der Waals surface area contributed by atoms with Crippen LogP contribution in [0.3, 0.4) is 0 Å². The number of ether oxygens (including phenoxy) is 1. The van der Waals surface area contributed by atoms with Crippen LogP contribution < -0.4 is 5.32 Å². The van der Waals surface area contributed by atoms with Gasteiger partial charge in [0.05, 0.1) is 5.69 Å². The first-order valence-corrected chi connectivity index (χ1v) is 5.49. The minimum absolute atomic E-state index is 0.103. The number of carbonyl (C=O) groups excluding carboxylic acids is 1. The van der Waals surface area contributed by atoms with Gasteiger partial charge in [-0.2, -0.15) is 5.32 Å². The fraction of sp³-hybridized carbons (Fsp3) is 0.308. The van der Waals surface area contributed by atoms with Crippen LogP contribution in [0.1, 0.15) is 19.3 Å². The van der Waals surface area contributed by atoms with Gasteiger partial charge >= 0.3 is 6.09 Å². The van der Waals surface area contributed by atoms with E-state index >= 15 is 0 Å². The van der Waals surface area contributed by atoms with Crippen molar-refractivity contribution in [1.29, 1.82) is 0 Å². The Labute approximate surface area is 95.1 Å². The van der Waals surface area contributed by atoms with Crippen molar-refractivity contribution in [2.24, 2.45) is 0 Å². The molecule has 0 spiro atoms. The fourth-order valence-corrected chi connectivity index (χ4v) is 1.64. The van der Waals surface area contributed by atoms with Crippen molar-refractivity contribution in [3.63, 3.8) is 0 Å². The van der Waals surface area contributed by atoms with Gasteiger partial charge in [0, 0.05) is 0 Å². The van der Waals surface area contributed by atoms with Crippen molar-refractivity contribution in [1.82, 2.24) is 5.32 Å². The molecule has 1 aliphatic rings. The summed E-state index contributed by atoms with van der Waals surface area (Å²) in [5.41, 5.74) is 0.632. The second kappa shape index (κ2) is 5.35. The lowest BCUT2D eigenvalue weighted by Gasteiger charge is -2.16. The molecule has 0 N–H and O–H groups in total. The normalized spacial score (nSPS) is 19.1. The van der Waals surface area contributed by atoms with Crippen LogP contribution in [0.25, 0.3) is 0 Å². The lowest BCUT2D eigenvalue weighted by molar-refractivity contribution is 0.115. The number of hydrogen-bond donors (Lipinski definition) is 0. The van der Waals surface area contributed by atoms with E-state index in [0.717, 1.165) is 19.3 Å². The molecule has 0 saturated carbocycles. The molecule has 0 fully saturated rings. The summed E-state index contributed by atoms with van der Waals surface area (Å²) in [6.07, 6.45) is 6.40. The van der Waals surface area contributed by atoms with E-state index in [0.29, 0.717) is 5.69 Å². The summed E-state index contributed by atoms with van der Waals surface area (Å²) < 4.78 is 5.20. The van der Waals surface area contributed by atoms with E-state index in [9.17, 15) is 4.79 Å². The average Bonchev–Trinajstić information content (AvgIpc) is 2.31. The quantitative estimate of drug-likeness (QED) is 0.712. The topological polar surface area (TPSA) is 40.4 Å². The Morgan fingerprint density at radius 2 is 2.12 bits per heavy atom. The van der Waals surface area contributed by atoms with Crippen molar-refractivity contribution in [3.05, 3.63) is 42.5 Å². The molecule has 1 unspecified atom stereocenters. The van der Waals surface area contributed by atoms with E-state index in [1.54, 1.807) is 12.1 Å². The van der Waals surface area contributed by atoms with Crippen LogP contribution >= 0.6 is 0 Å². The number of benzene rings is 1. The Hall–Kier alpha value is -1.77. The molecule has 1 aromatic rings. The summed E-state index contributed by atoms with van der Waals surface area (Å²) in [6.45, 7) is 0. The van der Waals surface area contributed by atoms with Crippen LogP contribution in [0.2, 0.25) is 0 Å². The lowest BCUT2D eigenvalue weighted by Crippen LogP contribution is -2.21. The molecule has 1 aromatic carbocycles. The van der Waals surface area contributed by atoms with Gasteiger partial charge in [-0.25, -0.2) is 4.79 Å². The molecule has 1 atom stereocenters. The molecular formula is C13H14NO2. The Morgan fingerprint density at radius 3 is 2.81 bits per heavy atom. The van der Waals surface area contributed by atoms with Crippen LogP contribution in [0.5, 0.6) is 0 Å². The van der Waals surface area contributed by atoms with Gasteiger partial charge in [0.15, 0.2) is 0 Å². The van der Waals surface area contributed by atoms with E-state index in [1.165, 1.54) is 0 Å². The Kier molecular flexibility index (Phi) is 3.59. The molecule has 0 aliphatic heterocycles. The van der Waals surface area contributed by atoms with Crippen molar-refractivity contribution >= 4 is 11.8 Å². The maximum atomic E-state index is 11.5. The highest BCUT2D eigenvalue weighted by Crippen LogP contribution is 2.14. The van der Waals surface area contributed by atoms with E-state index in [-0.39, 0.29) is 6.10 Å². The van der Waals surface area contributed by atoms with Crippen LogP contribution in [0, 0.1) is 0 Å². The van der Waals surface area contributed by atoms with Crippen molar-refractivity contribution in [2.75, 3.05) is 0 Å². The monoisotopic (exact) mass is 216 g/mol. The molecule has 83 valence electrons. The molecule has 0 heterocycles. The number of para-hydroxylation sites is 1. The molecule has 1 aliphatic carbocycles. The first kappa shape index (κ1) is 10.7. The van der Waals surface area contributed by atoms with Crippen molar-refractivity contribution in [3.8, 4) is 0 Å². The molecule has 0 bridgehead atoms. The van der Waals surface area contributed by atoms with E-state index in [1.807, 2.05) is 30.4 Å². The van der Waals surface area contributed by atoms with Gasteiger partial charge in [-0.05, 0) is 37.5 Å². The molecule has 0 aromatic heterocycles. The summed E-state index contributed by atoms with van der Waals surface area (Å²) in [4.78, 5) is 11.5. The first-order valence-electron chi connectivity index (χ1n) is 5.49. The number of carbonyl (C=O) groups is 1. The summed E-state index contributed by atoms with van der Waals surface area (Å²) >= 11 is 0. The highest BCUT2D eigenvalue weighted by Gasteiger charge is 2.14. The Balaban J connectivity index is 1.84. The van der Waals surface area contributed by atoms with Gasteiger partial charge in [0.25, 0.3) is 0 Å². The summed E-state index contributed by atoms with van der Waals surface area (Å²) in [5.74, 6) is 0. The average molecular weight is 216 g/mol. The van der Waals surface area contributed by atoms with Crippen molar-refractivity contribution in [2.45, 2.75) is 25.4 Å². The van der Waals surface area contributed by atoms with Crippen LogP contribution in [-0.4, -0.2) is 12.2 Å². The van der Waals surface area contributed by atoms with Gasteiger partial charge in [-0.1, -0.05) is 24.3 Å². The summed E-state index contributed by atoms with van der Waals surface area (Å²) in [6, 6.07) is 9.11. The van der Waals surface area contributed by atoms with E-state index in [2.05, 4.69) is 5.32 Å². The zero-order valence-electron chi connectivity index (χ0n) is 9.00. The first-order chi connectivity index (χ1) is 7.84. The van der Waals surface area contributed by atoms with Crippen LogP contribution in [0.15, 0.2) is 42.5 Å². The predicted octanol–water partition coefficient (Wildman–Crippen LogP) is 3.17. The number of allylic oxidation sites excluding steroid dienone is 1. The summed E-state index contributed by atoms with van der Waals surface area (Å²) in [5, 5.41) is 3.86. The smallest absolute Gasteiger partial charge is 0.434 e. The van der Waals surface area contributed by atoms with Gasteiger partial charge in [0.2, 0.25) is 0 Å². The van der Waals surface area contributed by atoms with Crippen LogP contribution in [-0.2, 0) is 4.74 Å². The van der Waals surface area contributed by atoms with Gasteiger partial charge in [0.1, 0.15) is 6.10 Å². The SMILES string of the molecule is O=C([N]c1ccccc1)OC1C=CCCC1. The molecule has 3 heteroatoms. The van der Waals surface area contributed by atoms with Crippen molar-refractivity contribution < 1.29 is 9.53 Å². The molecule has 0 saturated heterocycles. The molecule has 3 nitrogen and oxygen atoms in total. The third-order valence-electron chi connectivity index (χ3n) is 2.44. The summed E-state index contributed by atoms with van der Waals surface area (Å²) in [7, 11) is 0. The largest absolute Gasteiger partial charge is 0.440 e. The zero-order chi connectivity index (χ0) is 11.2. The van der Waals surface area contributed by atoms with Gasteiger partial charge in [-0.3, -0.25) is 0 Å². The highest BCUT2D eigenvalue weighted by atomic mass is 16.6. The standard InChI is InChI=1S/C13H14NO2/c15-13(14-11-7-3-1-4-8-11)16-12-9-5-2-6-10-12/h1,3-5,7-9,12H,2,6,10H2. The molecular weight excluding hydrogens is 202 g/mol. The number of amides is 1. The van der Waals surface area contributed by atoms with Gasteiger partial charge < -0.3 is 4.74 Å². The Bertz CT molecular complexity index is 373. The highest BCUT2D eigenvalue weighted by molar-refractivity contribution is 5.73. The molecule has 1 amide bonds. The van der Waals surface area contributed by atoms with E-state index in [4.69, 9.17) is 4.74 Å². The maximum absolute atomic E-state index is 11.5. The maximum Gasteiger partial charge on any atom is 0.434 e. The van der Waals surface area contributed by atoms with Crippen LogP contribution in [0.4, 0.5) is 10.5 Å². The molecule has 1 radical (unpaired) electrons. The van der Waals surface area contributed by atoms with Gasteiger partial charge in [-0.15, -0.1) is 0 Å². The third-order valence-corrected chi connectivity index (χ3v) is 2.44. The number of hydrogen-bond acceptors (Lipinski definition) is 2. The second-order valence-corrected chi connectivity index (χ2v) is 3.73. The third kappa shape index (κ3) is 3.12. The molecule has 16 heavy (non-hydrogen) atoms. The predicted molar refractivity (Wildman–Crippen MR) is 61.5 cm³/mol.